The number of rotatable bonds is 5. The third-order valence-electron chi connectivity index (χ3n) is 4.27. The Labute approximate surface area is 141 Å². The van der Waals surface area contributed by atoms with E-state index in [1.807, 2.05) is 24.3 Å². The maximum absolute atomic E-state index is 13.7. The van der Waals surface area contributed by atoms with Crippen LogP contribution in [0.3, 0.4) is 0 Å². The largest absolute Gasteiger partial charge is 0.379 e. The predicted octanol–water partition coefficient (Wildman–Crippen LogP) is 4.41. The number of hydrogen-bond acceptors (Lipinski definition) is 2. The van der Waals surface area contributed by atoms with Crippen LogP contribution in [0, 0.1) is 5.82 Å². The van der Waals surface area contributed by atoms with E-state index in [1.165, 1.54) is 11.6 Å². The quantitative estimate of drug-likeness (QED) is 0.803. The maximum atomic E-state index is 13.7. The van der Waals surface area contributed by atoms with Crippen LogP contribution in [-0.2, 0) is 11.2 Å². The zero-order valence-electron chi connectivity index (χ0n) is 13.1. The second kappa shape index (κ2) is 7.91. The van der Waals surface area contributed by atoms with Crippen molar-refractivity contribution < 1.29 is 9.13 Å². The molecule has 0 amide bonds. The zero-order chi connectivity index (χ0) is 16.1. The van der Waals surface area contributed by atoms with Crippen molar-refractivity contribution in [2.75, 3.05) is 32.8 Å². The number of halogens is 2. The van der Waals surface area contributed by atoms with E-state index in [9.17, 15) is 4.39 Å². The van der Waals surface area contributed by atoms with Gasteiger partial charge in [0.25, 0.3) is 0 Å². The molecule has 1 aliphatic rings. The van der Waals surface area contributed by atoms with Crippen LogP contribution < -0.4 is 0 Å². The third kappa shape index (κ3) is 4.31. The number of morpholine rings is 1. The lowest BCUT2D eigenvalue weighted by molar-refractivity contribution is 0.0375. The van der Waals surface area contributed by atoms with Crippen molar-refractivity contribution in [3.05, 3.63) is 58.9 Å². The highest BCUT2D eigenvalue weighted by Gasteiger charge is 2.11. The molecular formula is C19H21ClFNO. The molecule has 23 heavy (non-hydrogen) atoms. The molecule has 0 bridgehead atoms. The predicted molar refractivity (Wildman–Crippen MR) is 92.4 cm³/mol. The molecule has 0 N–H and O–H groups in total. The monoisotopic (exact) mass is 333 g/mol. The lowest BCUT2D eigenvalue weighted by Gasteiger charge is -2.26. The highest BCUT2D eigenvalue weighted by atomic mass is 35.5. The van der Waals surface area contributed by atoms with Gasteiger partial charge in [-0.3, -0.25) is 4.90 Å². The first kappa shape index (κ1) is 16.4. The average Bonchev–Trinajstić information content (AvgIpc) is 2.59. The van der Waals surface area contributed by atoms with Crippen LogP contribution in [0.25, 0.3) is 11.1 Å². The summed E-state index contributed by atoms with van der Waals surface area (Å²) in [5.41, 5.74) is 3.22. The van der Waals surface area contributed by atoms with Gasteiger partial charge < -0.3 is 4.74 Å². The molecule has 122 valence electrons. The van der Waals surface area contributed by atoms with Crippen molar-refractivity contribution in [1.29, 1.82) is 0 Å². The van der Waals surface area contributed by atoms with Crippen LogP contribution in [0.2, 0.25) is 5.02 Å². The van der Waals surface area contributed by atoms with Gasteiger partial charge in [0.15, 0.2) is 0 Å². The van der Waals surface area contributed by atoms with E-state index in [-0.39, 0.29) is 10.8 Å². The Hall–Kier alpha value is -1.42. The molecule has 2 aromatic carbocycles. The zero-order valence-corrected chi connectivity index (χ0v) is 13.9. The lowest BCUT2D eigenvalue weighted by atomic mass is 9.96. The van der Waals surface area contributed by atoms with E-state index in [0.29, 0.717) is 0 Å². The van der Waals surface area contributed by atoms with Crippen LogP contribution in [0.15, 0.2) is 42.5 Å². The lowest BCUT2D eigenvalue weighted by Crippen LogP contribution is -2.36. The van der Waals surface area contributed by atoms with E-state index in [2.05, 4.69) is 11.0 Å². The number of ether oxygens (including phenoxy) is 1. The second-order valence-electron chi connectivity index (χ2n) is 5.84. The molecule has 1 fully saturated rings. The highest BCUT2D eigenvalue weighted by molar-refractivity contribution is 6.30. The van der Waals surface area contributed by atoms with Gasteiger partial charge in [-0.05, 0) is 48.2 Å². The van der Waals surface area contributed by atoms with Gasteiger partial charge in [0.2, 0.25) is 0 Å². The Morgan fingerprint density at radius 2 is 1.87 bits per heavy atom. The molecular weight excluding hydrogens is 313 g/mol. The molecule has 2 aromatic rings. The molecule has 0 saturated carbocycles. The first-order chi connectivity index (χ1) is 11.2. The third-order valence-corrected chi connectivity index (χ3v) is 4.58. The molecule has 1 heterocycles. The first-order valence-corrected chi connectivity index (χ1v) is 8.45. The molecule has 0 aromatic heterocycles. The van der Waals surface area contributed by atoms with Crippen molar-refractivity contribution in [1.82, 2.24) is 4.90 Å². The fourth-order valence-corrected chi connectivity index (χ4v) is 3.12. The van der Waals surface area contributed by atoms with E-state index >= 15 is 0 Å². The van der Waals surface area contributed by atoms with E-state index < -0.39 is 0 Å². The fourth-order valence-electron chi connectivity index (χ4n) is 3.00. The summed E-state index contributed by atoms with van der Waals surface area (Å²) in [6.45, 7) is 4.78. The van der Waals surface area contributed by atoms with Crippen LogP contribution in [-0.4, -0.2) is 37.7 Å². The normalized spacial score (nSPS) is 15.7. The summed E-state index contributed by atoms with van der Waals surface area (Å²) >= 11 is 5.79. The molecule has 0 radical (unpaired) electrons. The SMILES string of the molecule is Fc1cc(-c2ccccc2CCCN2CCOCC2)ccc1Cl. The van der Waals surface area contributed by atoms with Gasteiger partial charge >= 0.3 is 0 Å². The van der Waals surface area contributed by atoms with Gasteiger partial charge in [0.1, 0.15) is 5.82 Å². The summed E-state index contributed by atoms with van der Waals surface area (Å²) in [5, 5.41) is 0.165. The van der Waals surface area contributed by atoms with Crippen LogP contribution in [0.4, 0.5) is 4.39 Å². The van der Waals surface area contributed by atoms with Gasteiger partial charge in [0.05, 0.1) is 18.2 Å². The Bertz CT molecular complexity index is 656. The van der Waals surface area contributed by atoms with Gasteiger partial charge in [0, 0.05) is 13.1 Å². The van der Waals surface area contributed by atoms with E-state index in [4.69, 9.17) is 16.3 Å². The Morgan fingerprint density at radius 3 is 2.65 bits per heavy atom. The Morgan fingerprint density at radius 1 is 1.09 bits per heavy atom. The number of hydrogen-bond donors (Lipinski definition) is 0. The molecule has 0 atom stereocenters. The molecule has 4 heteroatoms. The summed E-state index contributed by atoms with van der Waals surface area (Å²) in [6, 6.07) is 13.2. The molecule has 0 unspecified atom stereocenters. The van der Waals surface area contributed by atoms with E-state index in [1.54, 1.807) is 6.07 Å². The summed E-state index contributed by atoms with van der Waals surface area (Å²) in [4.78, 5) is 2.44. The van der Waals surface area contributed by atoms with Crippen molar-refractivity contribution in [2.45, 2.75) is 12.8 Å². The molecule has 1 saturated heterocycles. The summed E-state index contributed by atoms with van der Waals surface area (Å²) in [5.74, 6) is -0.368. The first-order valence-electron chi connectivity index (χ1n) is 8.07. The van der Waals surface area contributed by atoms with Crippen molar-refractivity contribution in [3.8, 4) is 11.1 Å². The summed E-state index contributed by atoms with van der Waals surface area (Å²) in [7, 11) is 0. The van der Waals surface area contributed by atoms with E-state index in [0.717, 1.165) is 56.8 Å². The van der Waals surface area contributed by atoms with Crippen LogP contribution in [0.5, 0.6) is 0 Å². The molecule has 3 rings (SSSR count). The molecule has 0 spiro atoms. The van der Waals surface area contributed by atoms with Crippen molar-refractivity contribution in [3.63, 3.8) is 0 Å². The van der Waals surface area contributed by atoms with Crippen molar-refractivity contribution in [2.24, 2.45) is 0 Å². The van der Waals surface area contributed by atoms with Gasteiger partial charge in [-0.1, -0.05) is 41.9 Å². The minimum Gasteiger partial charge on any atom is -0.379 e. The smallest absolute Gasteiger partial charge is 0.142 e. The number of benzene rings is 2. The average molecular weight is 334 g/mol. The Balaban J connectivity index is 1.68. The molecule has 1 aliphatic heterocycles. The van der Waals surface area contributed by atoms with Gasteiger partial charge in [-0.2, -0.15) is 0 Å². The van der Waals surface area contributed by atoms with Gasteiger partial charge in [-0.15, -0.1) is 0 Å². The molecule has 0 aliphatic carbocycles. The van der Waals surface area contributed by atoms with Crippen LogP contribution >= 0.6 is 11.6 Å². The van der Waals surface area contributed by atoms with Crippen molar-refractivity contribution >= 4 is 11.6 Å². The standard InChI is InChI=1S/C19H21ClFNO/c20-18-8-7-16(14-19(18)21)17-6-2-1-4-15(17)5-3-9-22-10-12-23-13-11-22/h1-2,4,6-8,14H,3,5,9-13H2. The van der Waals surface area contributed by atoms with Gasteiger partial charge in [-0.25, -0.2) is 4.39 Å². The summed E-state index contributed by atoms with van der Waals surface area (Å²) < 4.78 is 19.1. The minimum absolute atomic E-state index is 0.165. The molecule has 2 nitrogen and oxygen atoms in total. The fraction of sp³-hybridized carbons (Fsp3) is 0.368. The van der Waals surface area contributed by atoms with Crippen LogP contribution in [0.1, 0.15) is 12.0 Å². The number of nitrogens with zero attached hydrogens (tertiary/aromatic N) is 1. The Kier molecular flexibility index (Phi) is 5.65. The second-order valence-corrected chi connectivity index (χ2v) is 6.25. The topological polar surface area (TPSA) is 12.5 Å². The minimum atomic E-state index is -0.368. The number of aryl methyl sites for hydroxylation is 1. The highest BCUT2D eigenvalue weighted by Crippen LogP contribution is 2.27. The summed E-state index contributed by atoms with van der Waals surface area (Å²) in [6.07, 6.45) is 2.07. The maximum Gasteiger partial charge on any atom is 0.142 e.